The molecule has 0 spiro atoms. The summed E-state index contributed by atoms with van der Waals surface area (Å²) in [5.41, 5.74) is 2.35. The van der Waals surface area contributed by atoms with E-state index in [-0.39, 0.29) is 0 Å². The molecular weight excluding hydrogens is 254 g/mol. The number of carboxylic acids is 1. The first kappa shape index (κ1) is 12.4. The molecular formula is C16H13NO3. The maximum absolute atomic E-state index is 11.0. The molecule has 100 valence electrons. The van der Waals surface area contributed by atoms with Crippen molar-refractivity contribution in [1.82, 2.24) is 5.16 Å². The summed E-state index contributed by atoms with van der Waals surface area (Å²) in [6, 6.07) is 15.2. The number of aliphatic carboxylic acids is 1. The van der Waals surface area contributed by atoms with Gasteiger partial charge in [-0.25, -0.2) is 0 Å². The summed E-state index contributed by atoms with van der Waals surface area (Å²) < 4.78 is 5.40. The Kier molecular flexibility index (Phi) is 2.99. The summed E-state index contributed by atoms with van der Waals surface area (Å²) in [6.45, 7) is 1.65. The van der Waals surface area contributed by atoms with Gasteiger partial charge in [0.05, 0.1) is 5.92 Å². The van der Waals surface area contributed by atoms with Crippen LogP contribution in [0.4, 0.5) is 0 Å². The Hall–Kier alpha value is -2.62. The van der Waals surface area contributed by atoms with Crippen LogP contribution in [0.15, 0.2) is 53.1 Å². The molecule has 0 bridgehead atoms. The van der Waals surface area contributed by atoms with Crippen LogP contribution in [-0.2, 0) is 4.79 Å². The second-order valence-electron chi connectivity index (χ2n) is 4.71. The van der Waals surface area contributed by atoms with E-state index in [0.717, 1.165) is 16.5 Å². The standard InChI is InChI=1S/C16H13NO3/c1-10(16(18)19)12-7-8-13-14(9-12)17-20-15(13)11-5-3-2-4-6-11/h2-10H,1H3,(H,18,19). The molecule has 1 aromatic heterocycles. The third kappa shape index (κ3) is 2.05. The number of benzene rings is 2. The van der Waals surface area contributed by atoms with Crippen molar-refractivity contribution in [3.05, 3.63) is 54.1 Å². The number of nitrogens with zero attached hydrogens (tertiary/aromatic N) is 1. The normalized spacial score (nSPS) is 12.4. The van der Waals surface area contributed by atoms with Gasteiger partial charge in [-0.15, -0.1) is 0 Å². The van der Waals surface area contributed by atoms with Crippen LogP contribution in [0.1, 0.15) is 18.4 Å². The molecule has 1 atom stereocenters. The first-order valence-electron chi connectivity index (χ1n) is 6.34. The van der Waals surface area contributed by atoms with E-state index in [9.17, 15) is 4.79 Å². The minimum atomic E-state index is -0.851. The number of carbonyl (C=O) groups is 1. The van der Waals surface area contributed by atoms with E-state index in [0.29, 0.717) is 11.3 Å². The van der Waals surface area contributed by atoms with Gasteiger partial charge in [-0.2, -0.15) is 0 Å². The lowest BCUT2D eigenvalue weighted by Gasteiger charge is -2.05. The van der Waals surface area contributed by atoms with E-state index in [1.165, 1.54) is 0 Å². The fourth-order valence-corrected chi connectivity index (χ4v) is 2.17. The van der Waals surface area contributed by atoms with Gasteiger partial charge < -0.3 is 9.63 Å². The van der Waals surface area contributed by atoms with E-state index in [2.05, 4.69) is 5.16 Å². The lowest BCUT2D eigenvalue weighted by Crippen LogP contribution is -2.06. The van der Waals surface area contributed by atoms with Gasteiger partial charge in [0.15, 0.2) is 5.76 Å². The molecule has 0 aliphatic rings. The summed E-state index contributed by atoms with van der Waals surface area (Å²) in [5, 5.41) is 14.0. The van der Waals surface area contributed by atoms with Crippen LogP contribution in [0.2, 0.25) is 0 Å². The highest BCUT2D eigenvalue weighted by Crippen LogP contribution is 2.30. The molecule has 4 heteroatoms. The van der Waals surface area contributed by atoms with E-state index in [1.807, 2.05) is 42.5 Å². The smallest absolute Gasteiger partial charge is 0.310 e. The predicted molar refractivity (Wildman–Crippen MR) is 75.5 cm³/mol. The summed E-state index contributed by atoms with van der Waals surface area (Å²) >= 11 is 0. The zero-order chi connectivity index (χ0) is 14.1. The van der Waals surface area contributed by atoms with Crippen molar-refractivity contribution in [3.63, 3.8) is 0 Å². The van der Waals surface area contributed by atoms with Crippen LogP contribution in [0, 0.1) is 0 Å². The number of aromatic nitrogens is 1. The van der Waals surface area contributed by atoms with Crippen molar-refractivity contribution in [2.75, 3.05) is 0 Å². The van der Waals surface area contributed by atoms with Gasteiger partial charge in [0.25, 0.3) is 0 Å². The van der Waals surface area contributed by atoms with E-state index in [4.69, 9.17) is 9.63 Å². The minimum absolute atomic E-state index is 0.559. The lowest BCUT2D eigenvalue weighted by molar-refractivity contribution is -0.138. The molecule has 0 fully saturated rings. The van der Waals surface area contributed by atoms with E-state index >= 15 is 0 Å². The predicted octanol–water partition coefficient (Wildman–Crippen LogP) is 3.68. The van der Waals surface area contributed by atoms with Gasteiger partial charge in [-0.3, -0.25) is 4.79 Å². The molecule has 0 saturated carbocycles. The van der Waals surface area contributed by atoms with Gasteiger partial charge in [0, 0.05) is 10.9 Å². The molecule has 3 rings (SSSR count). The van der Waals surface area contributed by atoms with Crippen LogP contribution < -0.4 is 0 Å². The van der Waals surface area contributed by atoms with Gasteiger partial charge in [0.1, 0.15) is 5.52 Å². The molecule has 4 nitrogen and oxygen atoms in total. The summed E-state index contributed by atoms with van der Waals surface area (Å²) in [5.74, 6) is -0.706. The Morgan fingerprint density at radius 1 is 1.20 bits per heavy atom. The van der Waals surface area contributed by atoms with Crippen molar-refractivity contribution in [3.8, 4) is 11.3 Å². The van der Waals surface area contributed by atoms with Crippen LogP contribution in [0.5, 0.6) is 0 Å². The van der Waals surface area contributed by atoms with E-state index in [1.54, 1.807) is 13.0 Å². The number of fused-ring (bicyclic) bond motifs is 1. The SMILES string of the molecule is CC(C(=O)O)c1ccc2c(-c3ccccc3)onc2c1. The van der Waals surface area contributed by atoms with Crippen LogP contribution in [0.3, 0.4) is 0 Å². The number of hydrogen-bond donors (Lipinski definition) is 1. The van der Waals surface area contributed by atoms with Crippen LogP contribution >= 0.6 is 0 Å². The molecule has 1 heterocycles. The van der Waals surface area contributed by atoms with Crippen molar-refractivity contribution in [1.29, 1.82) is 0 Å². The molecule has 0 aliphatic heterocycles. The number of rotatable bonds is 3. The fourth-order valence-electron chi connectivity index (χ4n) is 2.17. The maximum Gasteiger partial charge on any atom is 0.310 e. The molecule has 0 aliphatic carbocycles. The Morgan fingerprint density at radius 3 is 2.65 bits per heavy atom. The first-order chi connectivity index (χ1) is 9.66. The molecule has 1 unspecified atom stereocenters. The summed E-state index contributed by atoms with van der Waals surface area (Å²) in [4.78, 5) is 11.0. The van der Waals surface area contributed by atoms with Gasteiger partial charge in [0.2, 0.25) is 0 Å². The Balaban J connectivity index is 2.09. The molecule has 20 heavy (non-hydrogen) atoms. The van der Waals surface area contributed by atoms with Gasteiger partial charge in [-0.05, 0) is 24.6 Å². The molecule has 1 N–H and O–H groups in total. The Morgan fingerprint density at radius 2 is 1.95 bits per heavy atom. The van der Waals surface area contributed by atoms with Crippen molar-refractivity contribution >= 4 is 16.9 Å². The molecule has 2 aromatic carbocycles. The minimum Gasteiger partial charge on any atom is -0.481 e. The van der Waals surface area contributed by atoms with Crippen molar-refractivity contribution < 1.29 is 14.4 Å². The Bertz CT molecular complexity index is 762. The van der Waals surface area contributed by atoms with Crippen molar-refractivity contribution in [2.45, 2.75) is 12.8 Å². The molecule has 0 saturated heterocycles. The van der Waals surface area contributed by atoms with Crippen LogP contribution in [0.25, 0.3) is 22.2 Å². The fraction of sp³-hybridized carbons (Fsp3) is 0.125. The highest BCUT2D eigenvalue weighted by atomic mass is 16.5. The zero-order valence-corrected chi connectivity index (χ0v) is 10.9. The molecule has 0 amide bonds. The average Bonchev–Trinajstić information content (AvgIpc) is 2.90. The Labute approximate surface area is 115 Å². The van der Waals surface area contributed by atoms with E-state index < -0.39 is 11.9 Å². The molecule has 3 aromatic rings. The van der Waals surface area contributed by atoms with Gasteiger partial charge >= 0.3 is 5.97 Å². The largest absolute Gasteiger partial charge is 0.481 e. The first-order valence-corrected chi connectivity index (χ1v) is 6.34. The topological polar surface area (TPSA) is 63.3 Å². The second-order valence-corrected chi connectivity index (χ2v) is 4.71. The summed E-state index contributed by atoms with van der Waals surface area (Å²) in [6.07, 6.45) is 0. The second kappa shape index (κ2) is 4.81. The lowest BCUT2D eigenvalue weighted by atomic mass is 9.99. The van der Waals surface area contributed by atoms with Gasteiger partial charge in [-0.1, -0.05) is 41.6 Å². The molecule has 0 radical (unpaired) electrons. The summed E-state index contributed by atoms with van der Waals surface area (Å²) in [7, 11) is 0. The van der Waals surface area contributed by atoms with Crippen LogP contribution in [-0.4, -0.2) is 16.2 Å². The third-order valence-electron chi connectivity index (χ3n) is 3.41. The number of carboxylic acid groups (broad SMARTS) is 1. The monoisotopic (exact) mass is 267 g/mol. The highest BCUT2D eigenvalue weighted by Gasteiger charge is 2.16. The average molecular weight is 267 g/mol. The highest BCUT2D eigenvalue weighted by molar-refractivity contribution is 5.92. The van der Waals surface area contributed by atoms with Crippen molar-refractivity contribution in [2.24, 2.45) is 0 Å². The third-order valence-corrected chi connectivity index (χ3v) is 3.41. The quantitative estimate of drug-likeness (QED) is 0.786. The zero-order valence-electron chi connectivity index (χ0n) is 10.9. The number of hydrogen-bond acceptors (Lipinski definition) is 3. The maximum atomic E-state index is 11.0.